The molecule has 2 aliphatic rings. The van der Waals surface area contributed by atoms with Crippen molar-refractivity contribution in [3.63, 3.8) is 0 Å². The quantitative estimate of drug-likeness (QED) is 0.862. The smallest absolute Gasteiger partial charge is 0.0816 e. The predicted molar refractivity (Wildman–Crippen MR) is 92.5 cm³/mol. The lowest BCUT2D eigenvalue weighted by molar-refractivity contribution is 0.0862. The van der Waals surface area contributed by atoms with Gasteiger partial charge in [0.2, 0.25) is 0 Å². The summed E-state index contributed by atoms with van der Waals surface area (Å²) < 4.78 is 0. The van der Waals surface area contributed by atoms with Gasteiger partial charge in [-0.25, -0.2) is 0 Å². The topological polar surface area (TPSA) is 29.3 Å². The van der Waals surface area contributed by atoms with E-state index in [1.807, 2.05) is 6.07 Å². The average Bonchev–Trinajstić information content (AvgIpc) is 2.53. The van der Waals surface area contributed by atoms with Crippen LogP contribution in [0.5, 0.6) is 0 Å². The molecule has 1 aliphatic heterocycles. The van der Waals surface area contributed by atoms with Crippen molar-refractivity contribution in [1.82, 2.24) is 4.90 Å². The molecule has 2 fully saturated rings. The van der Waals surface area contributed by atoms with Gasteiger partial charge in [-0.1, -0.05) is 61.8 Å². The van der Waals surface area contributed by atoms with Crippen molar-refractivity contribution in [1.29, 1.82) is 0 Å². The molecule has 3 rings (SSSR count). The van der Waals surface area contributed by atoms with Gasteiger partial charge in [0.15, 0.2) is 0 Å². The van der Waals surface area contributed by atoms with Crippen LogP contribution in [0.4, 0.5) is 0 Å². The third kappa shape index (κ3) is 3.64. The van der Waals surface area contributed by atoms with Gasteiger partial charge >= 0.3 is 0 Å². The first-order valence-electron chi connectivity index (χ1n) is 8.30. The number of thiocarbonyl (C=S) groups is 1. The number of hydrogen-bond donors (Lipinski definition) is 1. The molecule has 2 N–H and O–H groups in total. The van der Waals surface area contributed by atoms with Gasteiger partial charge in [0.05, 0.1) is 4.99 Å². The molecule has 2 nitrogen and oxygen atoms in total. The van der Waals surface area contributed by atoms with Crippen LogP contribution in [-0.2, 0) is 0 Å². The van der Waals surface area contributed by atoms with Crippen LogP contribution in [0.25, 0.3) is 0 Å². The second-order valence-corrected chi connectivity index (χ2v) is 7.19. The maximum Gasteiger partial charge on any atom is 0.0816 e. The fourth-order valence-electron chi connectivity index (χ4n) is 4.15. The summed E-state index contributed by atoms with van der Waals surface area (Å²) in [5.41, 5.74) is 7.28. The Morgan fingerprint density at radius 2 is 1.86 bits per heavy atom. The summed E-state index contributed by atoms with van der Waals surface area (Å²) in [6.07, 6.45) is 7.11. The number of benzene rings is 1. The van der Waals surface area contributed by atoms with Crippen LogP contribution in [0.15, 0.2) is 30.3 Å². The number of hydrogen-bond acceptors (Lipinski definition) is 2. The van der Waals surface area contributed by atoms with Gasteiger partial charge in [-0.15, -0.1) is 0 Å². The Labute approximate surface area is 133 Å². The average molecular weight is 302 g/mol. The first kappa shape index (κ1) is 15.0. The summed E-state index contributed by atoms with van der Waals surface area (Å²) in [5.74, 6) is 2.09. The summed E-state index contributed by atoms with van der Waals surface area (Å²) in [7, 11) is 0. The molecule has 1 heterocycles. The van der Waals surface area contributed by atoms with Crippen LogP contribution in [0.2, 0.25) is 0 Å². The van der Waals surface area contributed by atoms with E-state index in [-0.39, 0.29) is 5.92 Å². The van der Waals surface area contributed by atoms with Crippen molar-refractivity contribution in [2.24, 2.45) is 17.6 Å². The number of piperidine rings is 1. The zero-order valence-corrected chi connectivity index (χ0v) is 13.5. The normalized spacial score (nSPS) is 27.8. The molecule has 0 spiro atoms. The Hall–Kier alpha value is -0.930. The highest BCUT2D eigenvalue weighted by Gasteiger charge is 2.32. The Bertz CT molecular complexity index is 473. The SMILES string of the molecule is NC(=S)C(CN1CCC2CCCCC2C1)c1ccccc1. The van der Waals surface area contributed by atoms with Crippen molar-refractivity contribution < 1.29 is 0 Å². The molecule has 1 saturated carbocycles. The fraction of sp³-hybridized carbons (Fsp3) is 0.611. The third-order valence-corrected chi connectivity index (χ3v) is 5.65. The van der Waals surface area contributed by atoms with Gasteiger partial charge in [-0.2, -0.15) is 0 Å². The molecule has 3 unspecified atom stereocenters. The summed E-state index contributed by atoms with van der Waals surface area (Å²) in [6, 6.07) is 10.5. The molecule has 114 valence electrons. The van der Waals surface area contributed by atoms with E-state index in [1.165, 1.54) is 50.8 Å². The first-order chi connectivity index (χ1) is 10.2. The van der Waals surface area contributed by atoms with Crippen molar-refractivity contribution in [3.8, 4) is 0 Å². The molecule has 1 aromatic rings. The van der Waals surface area contributed by atoms with Gasteiger partial charge in [-0.05, 0) is 36.8 Å². The van der Waals surface area contributed by atoms with E-state index in [1.54, 1.807) is 0 Å². The number of rotatable bonds is 4. The van der Waals surface area contributed by atoms with Crippen LogP contribution in [-0.4, -0.2) is 29.5 Å². The number of fused-ring (bicyclic) bond motifs is 1. The number of nitrogens with zero attached hydrogens (tertiary/aromatic N) is 1. The fourth-order valence-corrected chi connectivity index (χ4v) is 4.36. The largest absolute Gasteiger partial charge is 0.393 e. The second kappa shape index (κ2) is 6.89. The summed E-state index contributed by atoms with van der Waals surface area (Å²) in [4.78, 5) is 3.23. The molecule has 3 heteroatoms. The molecule has 1 aliphatic carbocycles. The molecule has 3 atom stereocenters. The second-order valence-electron chi connectivity index (χ2n) is 6.72. The van der Waals surface area contributed by atoms with Crippen molar-refractivity contribution in [3.05, 3.63) is 35.9 Å². The molecule has 1 aromatic carbocycles. The van der Waals surface area contributed by atoms with Crippen LogP contribution < -0.4 is 5.73 Å². The maximum absolute atomic E-state index is 6.02. The Balaban J connectivity index is 1.65. The van der Waals surface area contributed by atoms with E-state index in [9.17, 15) is 0 Å². The van der Waals surface area contributed by atoms with Crippen LogP contribution in [0.3, 0.4) is 0 Å². The van der Waals surface area contributed by atoms with Crippen LogP contribution in [0, 0.1) is 11.8 Å². The minimum absolute atomic E-state index is 0.196. The van der Waals surface area contributed by atoms with E-state index >= 15 is 0 Å². The van der Waals surface area contributed by atoms with Crippen molar-refractivity contribution >= 4 is 17.2 Å². The first-order valence-corrected chi connectivity index (χ1v) is 8.71. The molecule has 0 amide bonds. The predicted octanol–water partition coefficient (Wildman–Crippen LogP) is 3.57. The van der Waals surface area contributed by atoms with Gasteiger partial charge in [0.25, 0.3) is 0 Å². The van der Waals surface area contributed by atoms with Gasteiger partial charge in [0.1, 0.15) is 0 Å². The maximum atomic E-state index is 6.02. The molecule has 1 saturated heterocycles. The van der Waals surface area contributed by atoms with E-state index in [2.05, 4.69) is 29.2 Å². The molecule has 0 bridgehead atoms. The molecule has 0 aromatic heterocycles. The molecular weight excluding hydrogens is 276 g/mol. The standard InChI is InChI=1S/C18H26N2S/c19-18(21)17(15-7-2-1-3-8-15)13-20-11-10-14-6-4-5-9-16(14)12-20/h1-3,7-8,14,16-17H,4-6,9-13H2,(H2,19,21). The van der Waals surface area contributed by atoms with Crippen LogP contribution >= 0.6 is 12.2 Å². The minimum Gasteiger partial charge on any atom is -0.393 e. The molecule has 21 heavy (non-hydrogen) atoms. The minimum atomic E-state index is 0.196. The lowest BCUT2D eigenvalue weighted by Gasteiger charge is -2.42. The number of nitrogens with two attached hydrogens (primary N) is 1. The van der Waals surface area contributed by atoms with E-state index < -0.39 is 0 Å². The lowest BCUT2D eigenvalue weighted by atomic mass is 9.75. The highest BCUT2D eigenvalue weighted by atomic mass is 32.1. The van der Waals surface area contributed by atoms with Crippen LogP contribution in [0.1, 0.15) is 43.6 Å². The molecular formula is C18H26N2S. The van der Waals surface area contributed by atoms with Gasteiger partial charge < -0.3 is 10.6 Å². The van der Waals surface area contributed by atoms with E-state index in [0.29, 0.717) is 4.99 Å². The van der Waals surface area contributed by atoms with Gasteiger partial charge in [0, 0.05) is 19.0 Å². The Morgan fingerprint density at radius 1 is 1.14 bits per heavy atom. The van der Waals surface area contributed by atoms with Crippen molar-refractivity contribution in [2.45, 2.75) is 38.0 Å². The summed E-state index contributed by atoms with van der Waals surface area (Å²) in [5, 5.41) is 0. The highest BCUT2D eigenvalue weighted by molar-refractivity contribution is 7.80. The highest BCUT2D eigenvalue weighted by Crippen LogP contribution is 2.36. The zero-order valence-electron chi connectivity index (χ0n) is 12.7. The Morgan fingerprint density at radius 3 is 2.57 bits per heavy atom. The van der Waals surface area contributed by atoms with Crippen molar-refractivity contribution in [2.75, 3.05) is 19.6 Å². The lowest BCUT2D eigenvalue weighted by Crippen LogP contribution is -2.44. The summed E-state index contributed by atoms with van der Waals surface area (Å²) in [6.45, 7) is 3.45. The van der Waals surface area contributed by atoms with E-state index in [4.69, 9.17) is 18.0 Å². The third-order valence-electron chi connectivity index (χ3n) is 5.36. The van der Waals surface area contributed by atoms with E-state index in [0.717, 1.165) is 18.4 Å². The summed E-state index contributed by atoms with van der Waals surface area (Å²) >= 11 is 5.33. The van der Waals surface area contributed by atoms with Gasteiger partial charge in [-0.3, -0.25) is 0 Å². The number of likely N-dealkylation sites (tertiary alicyclic amines) is 1. The zero-order chi connectivity index (χ0) is 14.7. The molecule has 0 radical (unpaired) electrons. The monoisotopic (exact) mass is 302 g/mol. The Kier molecular flexibility index (Phi) is 4.91.